The molecule has 0 heterocycles. The molecule has 0 bridgehead atoms. The summed E-state index contributed by atoms with van der Waals surface area (Å²) in [6, 6.07) is 1.81. The van der Waals surface area contributed by atoms with Crippen molar-refractivity contribution in [1.82, 2.24) is 15.1 Å². The van der Waals surface area contributed by atoms with Crippen LogP contribution in [0.15, 0.2) is 0 Å². The molecule has 2 unspecified atom stereocenters. The maximum absolute atomic E-state index is 5.40. The molecule has 1 fully saturated rings. The Morgan fingerprint density at radius 1 is 1.33 bits per heavy atom. The monoisotopic (exact) mass is 257 g/mol. The first-order chi connectivity index (χ1) is 8.58. The number of methoxy groups -OCH3 is 1. The van der Waals surface area contributed by atoms with Crippen molar-refractivity contribution in [3.05, 3.63) is 0 Å². The minimum absolute atomic E-state index is 0.482. The molecule has 1 aliphatic carbocycles. The van der Waals surface area contributed by atoms with Crippen molar-refractivity contribution in [2.45, 2.75) is 44.8 Å². The topological polar surface area (TPSA) is 27.7 Å². The third kappa shape index (κ3) is 5.65. The highest BCUT2D eigenvalue weighted by Crippen LogP contribution is 2.19. The number of rotatable bonds is 10. The fraction of sp³-hybridized carbons (Fsp3) is 1.00. The minimum atomic E-state index is 0.482. The van der Waals surface area contributed by atoms with Gasteiger partial charge in [-0.15, -0.1) is 0 Å². The average Bonchev–Trinajstić information content (AvgIpc) is 3.09. The number of likely N-dealkylation sites (N-methyl/N-ethyl adjacent to an activating group) is 2. The molecule has 1 N–H and O–H groups in total. The average molecular weight is 257 g/mol. The molecule has 0 radical (unpaired) electrons. The molecular weight excluding hydrogens is 226 g/mol. The summed E-state index contributed by atoms with van der Waals surface area (Å²) in [5.74, 6) is 0. The van der Waals surface area contributed by atoms with Gasteiger partial charge in [0, 0.05) is 38.3 Å². The van der Waals surface area contributed by atoms with Gasteiger partial charge in [0.15, 0.2) is 0 Å². The minimum Gasteiger partial charge on any atom is -0.383 e. The van der Waals surface area contributed by atoms with Gasteiger partial charge in [-0.05, 0) is 40.4 Å². The van der Waals surface area contributed by atoms with Crippen LogP contribution in [0.25, 0.3) is 0 Å². The van der Waals surface area contributed by atoms with Crippen LogP contribution in [0.1, 0.15) is 26.7 Å². The molecule has 4 heteroatoms. The highest BCUT2D eigenvalue weighted by molar-refractivity contribution is 4.85. The molecule has 2 atom stereocenters. The van der Waals surface area contributed by atoms with Crippen molar-refractivity contribution in [3.63, 3.8) is 0 Å². The second kappa shape index (κ2) is 8.10. The summed E-state index contributed by atoms with van der Waals surface area (Å²) in [5.41, 5.74) is 0. The molecule has 0 aromatic carbocycles. The van der Waals surface area contributed by atoms with Crippen LogP contribution >= 0.6 is 0 Å². The molecule has 0 aliphatic heterocycles. The van der Waals surface area contributed by atoms with E-state index in [0.717, 1.165) is 32.3 Å². The van der Waals surface area contributed by atoms with E-state index in [-0.39, 0.29) is 0 Å². The van der Waals surface area contributed by atoms with E-state index in [1.165, 1.54) is 12.8 Å². The van der Waals surface area contributed by atoms with E-state index in [2.05, 4.69) is 43.1 Å². The Bertz CT molecular complexity index is 219. The van der Waals surface area contributed by atoms with Crippen LogP contribution in [0, 0.1) is 0 Å². The van der Waals surface area contributed by atoms with E-state index in [1.54, 1.807) is 7.11 Å². The Kier molecular flexibility index (Phi) is 7.15. The van der Waals surface area contributed by atoms with Crippen LogP contribution in [-0.2, 0) is 4.74 Å². The zero-order chi connectivity index (χ0) is 13.5. The van der Waals surface area contributed by atoms with Gasteiger partial charge in [0.25, 0.3) is 0 Å². The summed E-state index contributed by atoms with van der Waals surface area (Å²) < 4.78 is 5.40. The first-order valence-corrected chi connectivity index (χ1v) is 7.21. The Labute approximate surface area is 113 Å². The predicted octanol–water partition coefficient (Wildman–Crippen LogP) is 1.03. The lowest BCUT2D eigenvalue weighted by Gasteiger charge is -2.36. The van der Waals surface area contributed by atoms with Crippen LogP contribution < -0.4 is 5.32 Å². The molecule has 108 valence electrons. The third-order valence-corrected chi connectivity index (χ3v) is 3.61. The normalized spacial score (nSPS) is 19.5. The van der Waals surface area contributed by atoms with Crippen LogP contribution in [0.5, 0.6) is 0 Å². The molecular formula is C14H31N3O. The zero-order valence-corrected chi connectivity index (χ0v) is 12.8. The van der Waals surface area contributed by atoms with Gasteiger partial charge in [0.05, 0.1) is 6.61 Å². The molecule has 1 aliphatic rings. The smallest absolute Gasteiger partial charge is 0.0630 e. The number of nitrogens with one attached hydrogen (secondary N) is 1. The second-order valence-electron chi connectivity index (χ2n) is 5.73. The van der Waals surface area contributed by atoms with E-state index in [1.807, 2.05) is 0 Å². The van der Waals surface area contributed by atoms with Gasteiger partial charge in [-0.3, -0.25) is 4.90 Å². The number of nitrogens with zero attached hydrogens (tertiary/aromatic N) is 2. The van der Waals surface area contributed by atoms with Gasteiger partial charge < -0.3 is 15.0 Å². The first-order valence-electron chi connectivity index (χ1n) is 7.21. The summed E-state index contributed by atoms with van der Waals surface area (Å²) >= 11 is 0. The lowest BCUT2D eigenvalue weighted by atomic mass is 10.1. The summed E-state index contributed by atoms with van der Waals surface area (Å²) in [5, 5.41) is 3.63. The number of ether oxygens (including phenoxy) is 1. The van der Waals surface area contributed by atoms with Crippen LogP contribution in [0.3, 0.4) is 0 Å². The van der Waals surface area contributed by atoms with Crippen LogP contribution in [0.4, 0.5) is 0 Å². The molecule has 1 saturated carbocycles. The van der Waals surface area contributed by atoms with E-state index in [0.29, 0.717) is 12.1 Å². The second-order valence-corrected chi connectivity index (χ2v) is 5.73. The summed E-state index contributed by atoms with van der Waals surface area (Å²) in [6.45, 7) is 8.58. The summed E-state index contributed by atoms with van der Waals surface area (Å²) in [4.78, 5) is 4.81. The predicted molar refractivity (Wildman–Crippen MR) is 77.1 cm³/mol. The Balaban J connectivity index is 2.47. The van der Waals surface area contributed by atoms with Crippen molar-refractivity contribution >= 4 is 0 Å². The van der Waals surface area contributed by atoms with Gasteiger partial charge >= 0.3 is 0 Å². The molecule has 0 spiro atoms. The highest BCUT2D eigenvalue weighted by atomic mass is 16.5. The van der Waals surface area contributed by atoms with E-state index < -0.39 is 0 Å². The lowest BCUT2D eigenvalue weighted by Crippen LogP contribution is -2.52. The van der Waals surface area contributed by atoms with Gasteiger partial charge in [0.1, 0.15) is 0 Å². The van der Waals surface area contributed by atoms with Crippen LogP contribution in [-0.4, -0.2) is 75.4 Å². The van der Waals surface area contributed by atoms with E-state index in [4.69, 9.17) is 4.74 Å². The van der Waals surface area contributed by atoms with Gasteiger partial charge in [-0.1, -0.05) is 6.92 Å². The van der Waals surface area contributed by atoms with Gasteiger partial charge in [-0.25, -0.2) is 0 Å². The molecule has 1 rings (SSSR count). The third-order valence-electron chi connectivity index (χ3n) is 3.61. The van der Waals surface area contributed by atoms with Crippen LogP contribution in [0.2, 0.25) is 0 Å². The molecule has 0 aromatic rings. The van der Waals surface area contributed by atoms with Crippen molar-refractivity contribution in [1.29, 1.82) is 0 Å². The molecule has 0 saturated heterocycles. The Morgan fingerprint density at radius 2 is 2.00 bits per heavy atom. The fourth-order valence-corrected chi connectivity index (χ4v) is 2.62. The highest BCUT2D eigenvalue weighted by Gasteiger charge is 2.26. The van der Waals surface area contributed by atoms with E-state index >= 15 is 0 Å². The summed E-state index contributed by atoms with van der Waals surface area (Å²) in [7, 11) is 6.07. The maximum atomic E-state index is 5.40. The van der Waals surface area contributed by atoms with Crippen molar-refractivity contribution in [2.24, 2.45) is 0 Å². The SMILES string of the molecule is CCN(C(C)CN(C)C)C(CNC1CC1)COC. The quantitative estimate of drug-likeness (QED) is 0.632. The number of hydrogen-bond donors (Lipinski definition) is 1. The van der Waals surface area contributed by atoms with Gasteiger partial charge in [-0.2, -0.15) is 0 Å². The largest absolute Gasteiger partial charge is 0.383 e. The standard InChI is InChI=1S/C14H31N3O/c1-6-17(12(2)10-16(3)4)14(11-18-5)9-15-13-7-8-13/h12-15H,6-11H2,1-5H3. The van der Waals surface area contributed by atoms with Crippen molar-refractivity contribution < 1.29 is 4.74 Å². The molecule has 0 aromatic heterocycles. The maximum Gasteiger partial charge on any atom is 0.0630 e. The molecule has 0 amide bonds. The first kappa shape index (κ1) is 15.9. The Morgan fingerprint density at radius 3 is 2.44 bits per heavy atom. The van der Waals surface area contributed by atoms with Crippen molar-refractivity contribution in [2.75, 3.05) is 47.4 Å². The fourth-order valence-electron chi connectivity index (χ4n) is 2.62. The zero-order valence-electron chi connectivity index (χ0n) is 12.8. The summed E-state index contributed by atoms with van der Waals surface area (Å²) in [6.07, 6.45) is 2.69. The molecule has 4 nitrogen and oxygen atoms in total. The molecule has 18 heavy (non-hydrogen) atoms. The van der Waals surface area contributed by atoms with E-state index in [9.17, 15) is 0 Å². The van der Waals surface area contributed by atoms with Gasteiger partial charge in [0.2, 0.25) is 0 Å². The lowest BCUT2D eigenvalue weighted by molar-refractivity contribution is 0.0600. The number of hydrogen-bond acceptors (Lipinski definition) is 4. The van der Waals surface area contributed by atoms with Crippen molar-refractivity contribution in [3.8, 4) is 0 Å². The Hall–Kier alpha value is -0.160.